The molecule has 0 atom stereocenters. The first kappa shape index (κ1) is 12.8. The maximum Gasteiger partial charge on any atom is 0.495 e. The molecule has 2 aliphatic heterocycles. The predicted molar refractivity (Wildman–Crippen MR) is 73.0 cm³/mol. The highest BCUT2D eigenvalue weighted by molar-refractivity contribution is 6.62. The van der Waals surface area contributed by atoms with Crippen LogP contribution in [0.4, 0.5) is 0 Å². The Labute approximate surface area is 114 Å². The second-order valence-electron chi connectivity index (χ2n) is 6.15. The van der Waals surface area contributed by atoms with Gasteiger partial charge in [0.2, 0.25) is 6.79 Å². The van der Waals surface area contributed by atoms with Crippen molar-refractivity contribution < 1.29 is 18.8 Å². The zero-order valence-corrected chi connectivity index (χ0v) is 12.1. The lowest BCUT2D eigenvalue weighted by Gasteiger charge is -2.32. The van der Waals surface area contributed by atoms with Gasteiger partial charge in [-0.25, -0.2) is 0 Å². The predicted octanol–water partition coefficient (Wildman–Crippen LogP) is 2.02. The average molecular weight is 262 g/mol. The van der Waals surface area contributed by atoms with Crippen LogP contribution in [0.25, 0.3) is 0 Å². The summed E-state index contributed by atoms with van der Waals surface area (Å²) < 4.78 is 22.9. The highest BCUT2D eigenvalue weighted by atomic mass is 16.7. The van der Waals surface area contributed by atoms with Crippen molar-refractivity contribution >= 4 is 12.6 Å². The van der Waals surface area contributed by atoms with E-state index in [1.165, 1.54) is 0 Å². The van der Waals surface area contributed by atoms with Crippen LogP contribution in [0.15, 0.2) is 12.1 Å². The molecule has 3 rings (SSSR count). The molecule has 0 aliphatic carbocycles. The zero-order chi connectivity index (χ0) is 13.8. The molecule has 0 aromatic heterocycles. The average Bonchev–Trinajstić information content (AvgIpc) is 2.80. The lowest BCUT2D eigenvalue weighted by Crippen LogP contribution is -2.41. The Morgan fingerprint density at radius 1 is 0.947 bits per heavy atom. The van der Waals surface area contributed by atoms with E-state index in [0.717, 1.165) is 22.5 Å². The number of hydrogen-bond donors (Lipinski definition) is 0. The topological polar surface area (TPSA) is 36.9 Å². The minimum Gasteiger partial charge on any atom is -0.454 e. The van der Waals surface area contributed by atoms with Gasteiger partial charge in [0, 0.05) is 0 Å². The van der Waals surface area contributed by atoms with E-state index in [2.05, 4.69) is 27.7 Å². The first-order valence-electron chi connectivity index (χ1n) is 6.56. The van der Waals surface area contributed by atoms with E-state index >= 15 is 0 Å². The Bertz CT molecular complexity index is 508. The summed E-state index contributed by atoms with van der Waals surface area (Å²) in [6.45, 7) is 10.5. The maximum absolute atomic E-state index is 6.07. The molecule has 1 aromatic carbocycles. The molecule has 19 heavy (non-hydrogen) atoms. The molecule has 102 valence electrons. The molecule has 1 fully saturated rings. The van der Waals surface area contributed by atoms with Gasteiger partial charge in [-0.05, 0) is 57.8 Å². The highest BCUT2D eigenvalue weighted by Gasteiger charge is 2.52. The molecule has 2 aliphatic rings. The van der Waals surface area contributed by atoms with Gasteiger partial charge in [-0.2, -0.15) is 0 Å². The van der Waals surface area contributed by atoms with Gasteiger partial charge < -0.3 is 18.8 Å². The molecule has 0 unspecified atom stereocenters. The third kappa shape index (κ3) is 1.92. The van der Waals surface area contributed by atoms with Gasteiger partial charge in [0.05, 0.1) is 11.2 Å². The first-order valence-corrected chi connectivity index (χ1v) is 6.56. The summed E-state index contributed by atoms with van der Waals surface area (Å²) in [6.07, 6.45) is 0. The molecule has 0 N–H and O–H groups in total. The highest BCUT2D eigenvalue weighted by Crippen LogP contribution is 2.38. The quantitative estimate of drug-likeness (QED) is 0.725. The van der Waals surface area contributed by atoms with Crippen LogP contribution in [0.2, 0.25) is 0 Å². The number of ether oxygens (including phenoxy) is 2. The standard InChI is InChI=1S/C14H19BO4/c1-9-6-11-12(17-8-16-11)7-10(9)15-18-13(2,3)14(4,5)19-15/h6-7H,8H2,1-5H3. The second-order valence-corrected chi connectivity index (χ2v) is 6.15. The smallest absolute Gasteiger partial charge is 0.454 e. The first-order chi connectivity index (χ1) is 8.80. The van der Waals surface area contributed by atoms with Crippen molar-refractivity contribution in [2.45, 2.75) is 45.8 Å². The molecule has 1 saturated heterocycles. The summed E-state index contributed by atoms with van der Waals surface area (Å²) in [6, 6.07) is 3.93. The fourth-order valence-corrected chi connectivity index (χ4v) is 2.28. The Hall–Kier alpha value is -1.20. The minimum absolute atomic E-state index is 0.279. The summed E-state index contributed by atoms with van der Waals surface area (Å²) in [5, 5.41) is 0. The lowest BCUT2D eigenvalue weighted by molar-refractivity contribution is 0.00578. The van der Waals surface area contributed by atoms with Crippen molar-refractivity contribution in [3.05, 3.63) is 17.7 Å². The fourth-order valence-electron chi connectivity index (χ4n) is 2.28. The maximum atomic E-state index is 6.07. The van der Waals surface area contributed by atoms with Crippen LogP contribution < -0.4 is 14.9 Å². The Morgan fingerprint density at radius 3 is 2.05 bits per heavy atom. The number of aryl methyl sites for hydroxylation is 1. The molecule has 0 amide bonds. The van der Waals surface area contributed by atoms with E-state index in [9.17, 15) is 0 Å². The van der Waals surface area contributed by atoms with Crippen molar-refractivity contribution in [2.24, 2.45) is 0 Å². The van der Waals surface area contributed by atoms with Crippen LogP contribution in [0, 0.1) is 6.92 Å². The summed E-state index contributed by atoms with van der Waals surface area (Å²) >= 11 is 0. The summed E-state index contributed by atoms with van der Waals surface area (Å²) in [5.41, 5.74) is 1.42. The summed E-state index contributed by atoms with van der Waals surface area (Å²) in [7, 11) is -0.362. The molecule has 2 heterocycles. The number of rotatable bonds is 1. The fraction of sp³-hybridized carbons (Fsp3) is 0.571. The molecule has 0 radical (unpaired) electrons. The van der Waals surface area contributed by atoms with E-state index in [-0.39, 0.29) is 25.1 Å². The van der Waals surface area contributed by atoms with Crippen molar-refractivity contribution in [3.8, 4) is 11.5 Å². The van der Waals surface area contributed by atoms with Crippen molar-refractivity contribution in [3.63, 3.8) is 0 Å². The van der Waals surface area contributed by atoms with Gasteiger partial charge in [-0.3, -0.25) is 0 Å². The van der Waals surface area contributed by atoms with Crippen molar-refractivity contribution in [1.29, 1.82) is 0 Å². The monoisotopic (exact) mass is 262 g/mol. The largest absolute Gasteiger partial charge is 0.495 e. The van der Waals surface area contributed by atoms with Gasteiger partial charge >= 0.3 is 7.12 Å². The normalized spacial score (nSPS) is 22.9. The lowest BCUT2D eigenvalue weighted by atomic mass is 9.76. The third-order valence-electron chi connectivity index (χ3n) is 4.27. The number of fused-ring (bicyclic) bond motifs is 1. The zero-order valence-electron chi connectivity index (χ0n) is 12.1. The van der Waals surface area contributed by atoms with E-state index in [1.54, 1.807) is 0 Å². The minimum atomic E-state index is -0.362. The SMILES string of the molecule is Cc1cc2c(cc1B1OC(C)(C)C(C)(C)O1)OCO2. The molecular formula is C14H19BO4. The second kappa shape index (κ2) is 3.90. The van der Waals surface area contributed by atoms with Crippen LogP contribution in [0.3, 0.4) is 0 Å². The van der Waals surface area contributed by atoms with Gasteiger partial charge in [0.25, 0.3) is 0 Å². The Morgan fingerprint density at radius 2 is 1.47 bits per heavy atom. The van der Waals surface area contributed by atoms with Gasteiger partial charge in [-0.1, -0.05) is 0 Å². The number of benzene rings is 1. The van der Waals surface area contributed by atoms with Crippen molar-refractivity contribution in [1.82, 2.24) is 0 Å². The van der Waals surface area contributed by atoms with Gasteiger partial charge in [-0.15, -0.1) is 0 Å². The Kier molecular flexibility index (Phi) is 2.63. The third-order valence-corrected chi connectivity index (χ3v) is 4.27. The summed E-state index contributed by atoms with van der Waals surface area (Å²) in [4.78, 5) is 0. The van der Waals surface area contributed by atoms with Crippen LogP contribution in [-0.4, -0.2) is 25.1 Å². The molecular weight excluding hydrogens is 243 g/mol. The van der Waals surface area contributed by atoms with Crippen LogP contribution in [0.1, 0.15) is 33.3 Å². The molecule has 4 nitrogen and oxygen atoms in total. The molecule has 1 aromatic rings. The van der Waals surface area contributed by atoms with Gasteiger partial charge in [0.1, 0.15) is 0 Å². The molecule has 0 saturated carbocycles. The van der Waals surface area contributed by atoms with Crippen LogP contribution >= 0.6 is 0 Å². The van der Waals surface area contributed by atoms with E-state index in [4.69, 9.17) is 18.8 Å². The molecule has 0 bridgehead atoms. The molecule has 0 spiro atoms. The van der Waals surface area contributed by atoms with E-state index < -0.39 is 0 Å². The van der Waals surface area contributed by atoms with Gasteiger partial charge in [0.15, 0.2) is 11.5 Å². The van der Waals surface area contributed by atoms with Crippen LogP contribution in [-0.2, 0) is 9.31 Å². The van der Waals surface area contributed by atoms with Crippen molar-refractivity contribution in [2.75, 3.05) is 6.79 Å². The van der Waals surface area contributed by atoms with E-state index in [0.29, 0.717) is 0 Å². The number of hydrogen-bond acceptors (Lipinski definition) is 4. The van der Waals surface area contributed by atoms with Crippen LogP contribution in [0.5, 0.6) is 11.5 Å². The summed E-state index contributed by atoms with van der Waals surface area (Å²) in [5.74, 6) is 1.55. The Balaban J connectivity index is 1.96. The van der Waals surface area contributed by atoms with E-state index in [1.807, 2.05) is 19.1 Å². The molecule has 5 heteroatoms.